The van der Waals surface area contributed by atoms with Crippen molar-refractivity contribution < 1.29 is 4.39 Å². The van der Waals surface area contributed by atoms with Gasteiger partial charge in [-0.1, -0.05) is 18.2 Å². The number of nitrogens with two attached hydrogens (primary N) is 1. The van der Waals surface area contributed by atoms with Crippen LogP contribution in [0.2, 0.25) is 0 Å². The molecule has 1 aliphatic rings. The molecule has 0 spiro atoms. The molecule has 0 atom stereocenters. The third kappa shape index (κ3) is 1.56. The Morgan fingerprint density at radius 3 is 2.94 bits per heavy atom. The lowest BCUT2D eigenvalue weighted by Gasteiger charge is -2.04. The Bertz CT molecular complexity index is 560. The highest BCUT2D eigenvalue weighted by atomic mass is 19.1. The third-order valence-corrected chi connectivity index (χ3v) is 3.25. The maximum atomic E-state index is 13.9. The summed E-state index contributed by atoms with van der Waals surface area (Å²) in [5.74, 6) is -0.204. The van der Waals surface area contributed by atoms with Crippen molar-refractivity contribution in [1.29, 1.82) is 0 Å². The highest BCUT2D eigenvalue weighted by Crippen LogP contribution is 2.33. The largest absolute Gasteiger partial charge is 0.325 e. The number of aryl methyl sites for hydroxylation is 1. The monoisotopic (exact) mass is 231 g/mol. The molecule has 0 bridgehead atoms. The molecule has 0 radical (unpaired) electrons. The highest BCUT2D eigenvalue weighted by Gasteiger charge is 2.23. The van der Waals surface area contributed by atoms with Crippen LogP contribution in [-0.4, -0.2) is 9.78 Å². The van der Waals surface area contributed by atoms with Gasteiger partial charge < -0.3 is 5.73 Å². The predicted molar refractivity (Wildman–Crippen MR) is 63.8 cm³/mol. The minimum absolute atomic E-state index is 0.204. The average molecular weight is 231 g/mol. The predicted octanol–water partition coefficient (Wildman–Crippen LogP) is 2.09. The molecular weight excluding hydrogens is 217 g/mol. The minimum atomic E-state index is -0.204. The van der Waals surface area contributed by atoms with E-state index in [-0.39, 0.29) is 5.82 Å². The first-order valence-electron chi connectivity index (χ1n) is 5.85. The van der Waals surface area contributed by atoms with Gasteiger partial charge in [0.05, 0.1) is 5.69 Å². The average Bonchev–Trinajstić information content (AvgIpc) is 2.89. The van der Waals surface area contributed by atoms with Crippen LogP contribution in [0.5, 0.6) is 0 Å². The van der Waals surface area contributed by atoms with Crippen molar-refractivity contribution in [2.24, 2.45) is 5.73 Å². The molecule has 2 aromatic rings. The first kappa shape index (κ1) is 10.5. The molecule has 0 aliphatic carbocycles. The number of rotatable bonds is 2. The fourth-order valence-corrected chi connectivity index (χ4v) is 2.50. The van der Waals surface area contributed by atoms with E-state index in [9.17, 15) is 4.39 Å². The molecule has 2 N–H and O–H groups in total. The second-order valence-corrected chi connectivity index (χ2v) is 4.28. The van der Waals surface area contributed by atoms with E-state index >= 15 is 0 Å². The van der Waals surface area contributed by atoms with Crippen molar-refractivity contribution in [3.63, 3.8) is 0 Å². The van der Waals surface area contributed by atoms with Crippen molar-refractivity contribution in [2.75, 3.05) is 0 Å². The summed E-state index contributed by atoms with van der Waals surface area (Å²) in [6, 6.07) is 6.82. The second-order valence-electron chi connectivity index (χ2n) is 4.28. The number of nitrogens with zero attached hydrogens (tertiary/aromatic N) is 2. The van der Waals surface area contributed by atoms with Gasteiger partial charge in [-0.15, -0.1) is 0 Å². The van der Waals surface area contributed by atoms with Gasteiger partial charge in [-0.05, 0) is 18.9 Å². The fourth-order valence-electron chi connectivity index (χ4n) is 2.50. The van der Waals surface area contributed by atoms with Crippen molar-refractivity contribution in [1.82, 2.24) is 9.78 Å². The summed E-state index contributed by atoms with van der Waals surface area (Å²) in [6.07, 6.45) is 2.03. The Kier molecular flexibility index (Phi) is 2.44. The molecule has 1 aromatic heterocycles. The Balaban J connectivity index is 2.23. The molecule has 0 saturated carbocycles. The van der Waals surface area contributed by atoms with E-state index in [0.29, 0.717) is 12.1 Å². The quantitative estimate of drug-likeness (QED) is 0.860. The van der Waals surface area contributed by atoms with Gasteiger partial charge in [-0.2, -0.15) is 5.10 Å². The van der Waals surface area contributed by atoms with Crippen LogP contribution in [0.1, 0.15) is 17.8 Å². The lowest BCUT2D eigenvalue weighted by atomic mass is 10.0. The van der Waals surface area contributed by atoms with Crippen LogP contribution in [0, 0.1) is 5.82 Å². The fraction of sp³-hybridized carbons (Fsp3) is 0.308. The van der Waals surface area contributed by atoms with Crippen LogP contribution in [-0.2, 0) is 19.5 Å². The summed E-state index contributed by atoms with van der Waals surface area (Å²) in [6.45, 7) is 1.26. The first-order chi connectivity index (χ1) is 8.31. The lowest BCUT2D eigenvalue weighted by Crippen LogP contribution is -2.01. The van der Waals surface area contributed by atoms with Gasteiger partial charge in [0.15, 0.2) is 0 Å². The van der Waals surface area contributed by atoms with E-state index < -0.39 is 0 Å². The maximum absolute atomic E-state index is 13.9. The van der Waals surface area contributed by atoms with Crippen LogP contribution >= 0.6 is 0 Å². The van der Waals surface area contributed by atoms with Gasteiger partial charge in [-0.25, -0.2) is 4.39 Å². The van der Waals surface area contributed by atoms with Gasteiger partial charge in [0, 0.05) is 29.9 Å². The van der Waals surface area contributed by atoms with Crippen molar-refractivity contribution >= 4 is 0 Å². The first-order valence-corrected chi connectivity index (χ1v) is 5.85. The zero-order valence-corrected chi connectivity index (χ0v) is 9.49. The van der Waals surface area contributed by atoms with Crippen molar-refractivity contribution in [2.45, 2.75) is 25.9 Å². The molecule has 88 valence electrons. The van der Waals surface area contributed by atoms with E-state index in [2.05, 4.69) is 5.10 Å². The van der Waals surface area contributed by atoms with E-state index in [0.717, 1.165) is 36.3 Å². The summed E-state index contributed by atoms with van der Waals surface area (Å²) in [5.41, 5.74) is 9.14. The smallest absolute Gasteiger partial charge is 0.131 e. The third-order valence-electron chi connectivity index (χ3n) is 3.25. The van der Waals surface area contributed by atoms with Crippen LogP contribution < -0.4 is 5.73 Å². The topological polar surface area (TPSA) is 43.8 Å². The standard InChI is InChI=1S/C13H14FN3/c14-10-5-2-1-4-9(10)13-11(8-15)16-17-7-3-6-12(13)17/h1-2,4-5H,3,6-8,15H2. The Labute approximate surface area is 99.1 Å². The van der Waals surface area contributed by atoms with Crippen LogP contribution in [0.4, 0.5) is 4.39 Å². The van der Waals surface area contributed by atoms with Crippen LogP contribution in [0.15, 0.2) is 24.3 Å². The van der Waals surface area contributed by atoms with Crippen molar-refractivity contribution in [3.05, 3.63) is 41.5 Å². The molecule has 1 aromatic carbocycles. The maximum Gasteiger partial charge on any atom is 0.131 e. The Hall–Kier alpha value is -1.68. The molecular formula is C13H14FN3. The van der Waals surface area contributed by atoms with Gasteiger partial charge >= 0.3 is 0 Å². The SMILES string of the molecule is NCc1nn2c(c1-c1ccccc1F)CCC2. The van der Waals surface area contributed by atoms with Crippen molar-refractivity contribution in [3.8, 4) is 11.1 Å². The summed E-state index contributed by atoms with van der Waals surface area (Å²) < 4.78 is 15.8. The zero-order chi connectivity index (χ0) is 11.8. The van der Waals surface area contributed by atoms with Gasteiger partial charge in [0.25, 0.3) is 0 Å². The number of hydrogen-bond donors (Lipinski definition) is 1. The summed E-state index contributed by atoms with van der Waals surface area (Å²) in [4.78, 5) is 0. The van der Waals surface area contributed by atoms with Crippen LogP contribution in [0.25, 0.3) is 11.1 Å². The minimum Gasteiger partial charge on any atom is -0.325 e. The van der Waals surface area contributed by atoms with E-state index in [4.69, 9.17) is 5.73 Å². The molecule has 0 unspecified atom stereocenters. The molecule has 2 heterocycles. The van der Waals surface area contributed by atoms with E-state index in [1.54, 1.807) is 12.1 Å². The van der Waals surface area contributed by atoms with Gasteiger partial charge in [0.1, 0.15) is 5.82 Å². The molecule has 1 aliphatic heterocycles. The summed E-state index contributed by atoms with van der Waals surface area (Å²) >= 11 is 0. The molecule has 17 heavy (non-hydrogen) atoms. The normalized spacial score (nSPS) is 14.0. The molecule has 0 fully saturated rings. The summed E-state index contributed by atoms with van der Waals surface area (Å²) in [7, 11) is 0. The lowest BCUT2D eigenvalue weighted by molar-refractivity contribution is 0.631. The number of fused-ring (bicyclic) bond motifs is 1. The van der Waals surface area contributed by atoms with Crippen LogP contribution in [0.3, 0.4) is 0 Å². The summed E-state index contributed by atoms with van der Waals surface area (Å²) in [5, 5.41) is 4.45. The van der Waals surface area contributed by atoms with E-state index in [1.165, 1.54) is 6.07 Å². The van der Waals surface area contributed by atoms with E-state index in [1.807, 2.05) is 10.7 Å². The molecule has 0 amide bonds. The molecule has 4 heteroatoms. The number of benzene rings is 1. The number of halogens is 1. The highest BCUT2D eigenvalue weighted by molar-refractivity contribution is 5.69. The Morgan fingerprint density at radius 2 is 2.18 bits per heavy atom. The Morgan fingerprint density at radius 1 is 1.35 bits per heavy atom. The van der Waals surface area contributed by atoms with Gasteiger partial charge in [0.2, 0.25) is 0 Å². The number of hydrogen-bond acceptors (Lipinski definition) is 2. The molecule has 3 rings (SSSR count). The second kappa shape index (κ2) is 3.96. The zero-order valence-electron chi connectivity index (χ0n) is 9.49. The number of aromatic nitrogens is 2. The molecule has 0 saturated heterocycles. The van der Waals surface area contributed by atoms with Gasteiger partial charge in [-0.3, -0.25) is 4.68 Å². The molecule has 3 nitrogen and oxygen atoms in total.